The van der Waals surface area contributed by atoms with E-state index in [2.05, 4.69) is 48.5 Å². The Morgan fingerprint density at radius 3 is 1.24 bits per heavy atom. The third-order valence-corrected chi connectivity index (χ3v) is 5.33. The summed E-state index contributed by atoms with van der Waals surface area (Å²) >= 11 is 0. The minimum absolute atomic E-state index is 0.0620. The second-order valence-corrected chi connectivity index (χ2v) is 10.3. The molecule has 0 saturated heterocycles. The zero-order chi connectivity index (χ0) is 19.3. The van der Waals surface area contributed by atoms with Crippen LogP contribution in [0.4, 0.5) is 0 Å². The van der Waals surface area contributed by atoms with Crippen molar-refractivity contribution in [3.63, 3.8) is 0 Å². The van der Waals surface area contributed by atoms with Gasteiger partial charge in [-0.15, -0.1) is 0 Å². The number of ketones is 1. The summed E-state index contributed by atoms with van der Waals surface area (Å²) in [7, 11) is 0. The fraction of sp³-hybridized carbons (Fsp3) is 0.958. The summed E-state index contributed by atoms with van der Waals surface area (Å²) in [5.41, 5.74) is 0.124. The largest absolute Gasteiger partial charge is 0.299 e. The van der Waals surface area contributed by atoms with Crippen molar-refractivity contribution in [1.29, 1.82) is 0 Å². The van der Waals surface area contributed by atoms with Crippen LogP contribution in [-0.2, 0) is 4.79 Å². The first kappa shape index (κ1) is 24.7. The van der Waals surface area contributed by atoms with Gasteiger partial charge in [-0.25, -0.2) is 0 Å². The molecule has 0 rings (SSSR count). The Bertz CT molecular complexity index is 315. The Balaban J connectivity index is 3.72. The van der Waals surface area contributed by atoms with Crippen LogP contribution in [0.15, 0.2) is 0 Å². The molecular weight excluding hydrogens is 304 g/mol. The predicted octanol–water partition coefficient (Wildman–Crippen LogP) is 8.36. The summed E-state index contributed by atoms with van der Waals surface area (Å²) in [5.74, 6) is 0.639. The standard InChI is InChI=1S/C24H48O/c1-8-9-10-11-12-13-14-15-16-17-18-19-20-21(25)22(23(2,3)4)24(5,6)7/h22H,8-20H2,1-7H3. The van der Waals surface area contributed by atoms with E-state index in [4.69, 9.17) is 0 Å². The molecule has 0 aliphatic carbocycles. The van der Waals surface area contributed by atoms with Gasteiger partial charge >= 0.3 is 0 Å². The van der Waals surface area contributed by atoms with Crippen LogP contribution in [0.5, 0.6) is 0 Å². The molecule has 0 unspecified atom stereocenters. The normalized spacial score (nSPS) is 12.8. The molecule has 25 heavy (non-hydrogen) atoms. The van der Waals surface area contributed by atoms with E-state index in [1.54, 1.807) is 0 Å². The monoisotopic (exact) mass is 352 g/mol. The second kappa shape index (κ2) is 12.9. The Kier molecular flexibility index (Phi) is 12.8. The minimum Gasteiger partial charge on any atom is -0.299 e. The molecule has 0 amide bonds. The van der Waals surface area contributed by atoms with E-state index in [1.165, 1.54) is 70.6 Å². The lowest BCUT2D eigenvalue weighted by Gasteiger charge is -2.39. The number of Topliss-reactive ketones (excluding diaryl/α,β-unsaturated/α-hetero) is 1. The van der Waals surface area contributed by atoms with Crippen molar-refractivity contribution in [2.45, 2.75) is 132 Å². The highest BCUT2D eigenvalue weighted by Gasteiger charge is 2.39. The van der Waals surface area contributed by atoms with Crippen LogP contribution in [0.3, 0.4) is 0 Å². The van der Waals surface area contributed by atoms with Crippen molar-refractivity contribution in [2.75, 3.05) is 0 Å². The summed E-state index contributed by atoms with van der Waals surface area (Å²) in [4.78, 5) is 12.7. The molecule has 0 N–H and O–H groups in total. The Hall–Kier alpha value is -0.330. The average Bonchev–Trinajstić information content (AvgIpc) is 2.45. The van der Waals surface area contributed by atoms with Gasteiger partial charge in [0, 0.05) is 12.3 Å². The average molecular weight is 353 g/mol. The fourth-order valence-corrected chi connectivity index (χ4v) is 4.55. The summed E-state index contributed by atoms with van der Waals surface area (Å²) in [5, 5.41) is 0. The van der Waals surface area contributed by atoms with Crippen molar-refractivity contribution in [3.8, 4) is 0 Å². The van der Waals surface area contributed by atoms with E-state index in [1.807, 2.05) is 0 Å². The molecular formula is C24H48O. The van der Waals surface area contributed by atoms with Gasteiger partial charge < -0.3 is 0 Å². The number of hydrogen-bond acceptors (Lipinski definition) is 1. The minimum atomic E-state index is 0.0620. The van der Waals surface area contributed by atoms with E-state index in [0.717, 1.165) is 12.8 Å². The summed E-state index contributed by atoms with van der Waals surface area (Å²) < 4.78 is 0. The van der Waals surface area contributed by atoms with Gasteiger partial charge in [-0.05, 0) is 17.3 Å². The van der Waals surface area contributed by atoms with E-state index in [9.17, 15) is 4.79 Å². The predicted molar refractivity (Wildman–Crippen MR) is 113 cm³/mol. The van der Waals surface area contributed by atoms with Crippen molar-refractivity contribution in [2.24, 2.45) is 16.7 Å². The first-order valence-electron chi connectivity index (χ1n) is 11.1. The SMILES string of the molecule is CCCCCCCCCCCCCCC(=O)C(C(C)(C)C)C(C)(C)C. The van der Waals surface area contributed by atoms with Crippen LogP contribution in [0.25, 0.3) is 0 Å². The van der Waals surface area contributed by atoms with Crippen LogP contribution < -0.4 is 0 Å². The zero-order valence-corrected chi connectivity index (χ0v) is 18.7. The molecule has 1 nitrogen and oxygen atoms in total. The smallest absolute Gasteiger partial charge is 0.137 e. The number of hydrogen-bond donors (Lipinski definition) is 0. The summed E-state index contributed by atoms with van der Waals surface area (Å²) in [6, 6.07) is 0. The van der Waals surface area contributed by atoms with Gasteiger partial charge in [-0.2, -0.15) is 0 Å². The summed E-state index contributed by atoms with van der Waals surface area (Å²) in [6.45, 7) is 15.5. The Morgan fingerprint density at radius 2 is 0.920 bits per heavy atom. The molecule has 0 fully saturated rings. The molecule has 0 aromatic carbocycles. The highest BCUT2D eigenvalue weighted by molar-refractivity contribution is 5.82. The molecule has 0 aliphatic heterocycles. The van der Waals surface area contributed by atoms with Crippen molar-refractivity contribution in [3.05, 3.63) is 0 Å². The molecule has 0 aromatic rings. The highest BCUT2D eigenvalue weighted by atomic mass is 16.1. The van der Waals surface area contributed by atoms with Gasteiger partial charge in [-0.1, -0.05) is 119 Å². The van der Waals surface area contributed by atoms with E-state index >= 15 is 0 Å². The van der Waals surface area contributed by atoms with Crippen molar-refractivity contribution < 1.29 is 4.79 Å². The van der Waals surface area contributed by atoms with Crippen molar-refractivity contribution in [1.82, 2.24) is 0 Å². The van der Waals surface area contributed by atoms with Crippen LogP contribution in [0, 0.1) is 16.7 Å². The topological polar surface area (TPSA) is 17.1 Å². The van der Waals surface area contributed by atoms with Crippen molar-refractivity contribution >= 4 is 5.78 Å². The fourth-order valence-electron chi connectivity index (χ4n) is 4.55. The maximum Gasteiger partial charge on any atom is 0.137 e. The third kappa shape index (κ3) is 12.6. The van der Waals surface area contributed by atoms with Gasteiger partial charge in [0.25, 0.3) is 0 Å². The molecule has 0 saturated carbocycles. The lowest BCUT2D eigenvalue weighted by atomic mass is 9.64. The molecule has 150 valence electrons. The van der Waals surface area contributed by atoms with Gasteiger partial charge in [0.2, 0.25) is 0 Å². The molecule has 0 aromatic heterocycles. The quantitative estimate of drug-likeness (QED) is 0.287. The first-order valence-corrected chi connectivity index (χ1v) is 11.1. The second-order valence-electron chi connectivity index (χ2n) is 10.3. The van der Waals surface area contributed by atoms with Gasteiger partial charge in [-0.3, -0.25) is 4.79 Å². The van der Waals surface area contributed by atoms with E-state index < -0.39 is 0 Å². The number of carbonyl (C=O) groups is 1. The lowest BCUT2D eigenvalue weighted by Crippen LogP contribution is -2.38. The number of carbonyl (C=O) groups excluding carboxylic acids is 1. The molecule has 0 radical (unpaired) electrons. The molecule has 1 heteroatoms. The van der Waals surface area contributed by atoms with Gasteiger partial charge in [0.1, 0.15) is 5.78 Å². The molecule has 0 heterocycles. The maximum absolute atomic E-state index is 12.7. The zero-order valence-electron chi connectivity index (χ0n) is 18.7. The van der Waals surface area contributed by atoms with E-state index in [0.29, 0.717) is 5.78 Å². The van der Waals surface area contributed by atoms with E-state index in [-0.39, 0.29) is 16.7 Å². The van der Waals surface area contributed by atoms with Crippen LogP contribution >= 0.6 is 0 Å². The highest BCUT2D eigenvalue weighted by Crippen LogP contribution is 2.41. The van der Waals surface area contributed by atoms with Crippen LogP contribution in [-0.4, -0.2) is 5.78 Å². The van der Waals surface area contributed by atoms with Crippen LogP contribution in [0.1, 0.15) is 132 Å². The first-order chi connectivity index (χ1) is 11.6. The van der Waals surface area contributed by atoms with Crippen LogP contribution in [0.2, 0.25) is 0 Å². The lowest BCUT2D eigenvalue weighted by molar-refractivity contribution is -0.130. The molecule has 0 aliphatic rings. The summed E-state index contributed by atoms with van der Waals surface area (Å²) in [6.07, 6.45) is 17.0. The molecule has 0 bridgehead atoms. The van der Waals surface area contributed by atoms with Gasteiger partial charge in [0.05, 0.1) is 0 Å². The number of unbranched alkanes of at least 4 members (excludes halogenated alkanes) is 11. The maximum atomic E-state index is 12.7. The molecule has 0 spiro atoms. The third-order valence-electron chi connectivity index (χ3n) is 5.33. The number of rotatable bonds is 14. The van der Waals surface area contributed by atoms with Gasteiger partial charge in [0.15, 0.2) is 0 Å². The Morgan fingerprint density at radius 1 is 0.600 bits per heavy atom. The Labute approximate surface area is 159 Å². The molecule has 0 atom stereocenters.